The third kappa shape index (κ3) is 3.47. The van der Waals surface area contributed by atoms with Crippen LogP contribution in [-0.4, -0.2) is 59.2 Å². The van der Waals surface area contributed by atoms with Gasteiger partial charge in [0, 0.05) is 19.1 Å². The molecule has 0 radical (unpaired) electrons. The second-order valence-electron chi connectivity index (χ2n) is 8.19. The summed E-state index contributed by atoms with van der Waals surface area (Å²) in [6.45, 7) is 4.75. The van der Waals surface area contributed by atoms with E-state index in [1.807, 2.05) is 32.0 Å². The maximum absolute atomic E-state index is 12.9. The Morgan fingerprint density at radius 3 is 2.72 bits per heavy atom. The standard InChI is InChI=1S/C21H26N4O4/c1-12-4-3-5-14(13(12)2)8-22-20(28)19-15-6-7-16(19)24(10-15)18(27)11-25-17(26)9-23-21(25)29/h3-5,15-16,19H,6-11H2,1-2H3,(H,22,28)(H,23,29)/t15-,16-,19+/m0/s1. The van der Waals surface area contributed by atoms with Crippen LogP contribution in [0.4, 0.5) is 4.79 Å². The Labute approximate surface area is 169 Å². The van der Waals surface area contributed by atoms with Crippen LogP contribution in [0.15, 0.2) is 18.2 Å². The smallest absolute Gasteiger partial charge is 0.325 e. The van der Waals surface area contributed by atoms with E-state index >= 15 is 0 Å². The van der Waals surface area contributed by atoms with Crippen molar-refractivity contribution < 1.29 is 19.2 Å². The minimum atomic E-state index is -0.532. The Morgan fingerprint density at radius 2 is 2.00 bits per heavy atom. The third-order valence-corrected chi connectivity index (χ3v) is 6.61. The number of likely N-dealkylation sites (tertiary alicyclic amines) is 1. The lowest BCUT2D eigenvalue weighted by Gasteiger charge is -2.28. The van der Waals surface area contributed by atoms with Gasteiger partial charge in [0.25, 0.3) is 5.91 Å². The van der Waals surface area contributed by atoms with E-state index in [-0.39, 0.29) is 42.8 Å². The Balaban J connectivity index is 1.39. The van der Waals surface area contributed by atoms with Crippen molar-refractivity contribution in [3.8, 4) is 0 Å². The third-order valence-electron chi connectivity index (χ3n) is 6.61. The van der Waals surface area contributed by atoms with Crippen molar-refractivity contribution in [1.82, 2.24) is 20.4 Å². The summed E-state index contributed by atoms with van der Waals surface area (Å²) in [4.78, 5) is 51.7. The molecule has 5 amide bonds. The lowest BCUT2D eigenvalue weighted by Crippen LogP contribution is -2.47. The molecule has 29 heavy (non-hydrogen) atoms. The second-order valence-corrected chi connectivity index (χ2v) is 8.19. The van der Waals surface area contributed by atoms with Gasteiger partial charge in [-0.2, -0.15) is 0 Å². The highest BCUT2D eigenvalue weighted by Gasteiger charge is 2.52. The first-order chi connectivity index (χ1) is 13.9. The van der Waals surface area contributed by atoms with Gasteiger partial charge in [0.05, 0.1) is 12.5 Å². The number of nitrogens with zero attached hydrogens (tertiary/aromatic N) is 2. The Morgan fingerprint density at radius 1 is 1.21 bits per heavy atom. The van der Waals surface area contributed by atoms with Crippen LogP contribution in [0.2, 0.25) is 0 Å². The molecule has 3 fully saturated rings. The molecule has 0 spiro atoms. The zero-order valence-electron chi connectivity index (χ0n) is 16.7. The molecule has 1 saturated carbocycles. The highest BCUT2D eigenvalue weighted by Crippen LogP contribution is 2.43. The van der Waals surface area contributed by atoms with Crippen LogP contribution < -0.4 is 10.6 Å². The number of carbonyl (C=O) groups excluding carboxylic acids is 4. The molecule has 2 heterocycles. The number of nitrogens with one attached hydrogen (secondary N) is 2. The van der Waals surface area contributed by atoms with Gasteiger partial charge in [-0.15, -0.1) is 0 Å². The summed E-state index contributed by atoms with van der Waals surface area (Å²) in [5.41, 5.74) is 3.46. The summed E-state index contributed by atoms with van der Waals surface area (Å²) in [7, 11) is 0. The molecule has 1 aromatic rings. The lowest BCUT2D eigenvalue weighted by atomic mass is 9.97. The number of rotatable bonds is 5. The predicted octanol–water partition coefficient (Wildman–Crippen LogP) is 0.708. The van der Waals surface area contributed by atoms with Gasteiger partial charge in [-0.05, 0) is 49.3 Å². The van der Waals surface area contributed by atoms with E-state index in [4.69, 9.17) is 0 Å². The lowest BCUT2D eigenvalue weighted by molar-refractivity contribution is -0.138. The molecule has 2 bridgehead atoms. The van der Waals surface area contributed by atoms with Crippen LogP contribution in [0.1, 0.15) is 29.5 Å². The van der Waals surface area contributed by atoms with Gasteiger partial charge >= 0.3 is 6.03 Å². The van der Waals surface area contributed by atoms with Crippen molar-refractivity contribution in [2.75, 3.05) is 19.6 Å². The van der Waals surface area contributed by atoms with Crippen LogP contribution >= 0.6 is 0 Å². The summed E-state index contributed by atoms with van der Waals surface area (Å²) in [5, 5.41) is 5.47. The number of piperidine rings is 1. The van der Waals surface area contributed by atoms with Crippen molar-refractivity contribution >= 4 is 23.8 Å². The van der Waals surface area contributed by atoms with Gasteiger partial charge in [-0.1, -0.05) is 18.2 Å². The number of imide groups is 1. The van der Waals surface area contributed by atoms with Crippen molar-refractivity contribution in [1.29, 1.82) is 0 Å². The maximum atomic E-state index is 12.9. The number of fused-ring (bicyclic) bond motifs is 2. The highest BCUT2D eigenvalue weighted by atomic mass is 16.2. The molecule has 4 rings (SSSR count). The van der Waals surface area contributed by atoms with Crippen LogP contribution in [0.3, 0.4) is 0 Å². The highest BCUT2D eigenvalue weighted by molar-refractivity contribution is 6.04. The zero-order chi connectivity index (χ0) is 20.7. The second kappa shape index (κ2) is 7.50. The quantitative estimate of drug-likeness (QED) is 0.714. The first-order valence-electron chi connectivity index (χ1n) is 10.1. The SMILES string of the molecule is Cc1cccc(CNC(=O)[C@@H]2[C@H]3CC[C@@H]2N(C(=O)CN2C(=O)CNC2=O)C3)c1C. The minimum absolute atomic E-state index is 0.0244. The topological polar surface area (TPSA) is 98.8 Å². The molecule has 0 aromatic heterocycles. The molecule has 154 valence electrons. The molecule has 8 heteroatoms. The summed E-state index contributed by atoms with van der Waals surface area (Å²) >= 11 is 0. The van der Waals surface area contributed by atoms with Crippen molar-refractivity contribution in [2.45, 2.75) is 39.3 Å². The molecule has 3 atom stereocenters. The van der Waals surface area contributed by atoms with Gasteiger partial charge < -0.3 is 15.5 Å². The number of benzene rings is 1. The van der Waals surface area contributed by atoms with Crippen molar-refractivity contribution in [3.05, 3.63) is 34.9 Å². The minimum Gasteiger partial charge on any atom is -0.352 e. The first-order valence-corrected chi connectivity index (χ1v) is 10.1. The Hall–Kier alpha value is -2.90. The molecule has 8 nitrogen and oxygen atoms in total. The van der Waals surface area contributed by atoms with E-state index in [0.29, 0.717) is 13.1 Å². The Bertz CT molecular complexity index is 867. The molecule has 1 aromatic carbocycles. The van der Waals surface area contributed by atoms with Crippen LogP contribution in [0.5, 0.6) is 0 Å². The number of carbonyl (C=O) groups is 4. The van der Waals surface area contributed by atoms with Crippen LogP contribution in [0.25, 0.3) is 0 Å². The number of urea groups is 1. The molecule has 2 aliphatic heterocycles. The number of aryl methyl sites for hydroxylation is 1. The van der Waals surface area contributed by atoms with E-state index in [0.717, 1.165) is 23.3 Å². The summed E-state index contributed by atoms with van der Waals surface area (Å²) in [5.74, 6) is -0.785. The summed E-state index contributed by atoms with van der Waals surface area (Å²) in [6.07, 6.45) is 1.69. The fourth-order valence-corrected chi connectivity index (χ4v) is 4.82. The van der Waals surface area contributed by atoms with Gasteiger partial charge in [0.1, 0.15) is 6.54 Å². The van der Waals surface area contributed by atoms with Gasteiger partial charge in [-0.3, -0.25) is 19.3 Å². The number of amides is 5. The maximum Gasteiger partial charge on any atom is 0.325 e. The van der Waals surface area contributed by atoms with Gasteiger partial charge in [0.15, 0.2) is 0 Å². The molecule has 3 aliphatic rings. The molecular formula is C21H26N4O4. The summed E-state index contributed by atoms with van der Waals surface area (Å²) in [6, 6.07) is 5.36. The molecule has 2 N–H and O–H groups in total. The van der Waals surface area contributed by atoms with E-state index in [1.54, 1.807) is 4.90 Å². The van der Waals surface area contributed by atoms with Crippen molar-refractivity contribution in [2.24, 2.45) is 11.8 Å². The fourth-order valence-electron chi connectivity index (χ4n) is 4.82. The number of hydrogen-bond donors (Lipinski definition) is 2. The normalized spacial score (nSPS) is 25.5. The van der Waals surface area contributed by atoms with E-state index in [9.17, 15) is 19.2 Å². The van der Waals surface area contributed by atoms with E-state index in [2.05, 4.69) is 10.6 Å². The van der Waals surface area contributed by atoms with Gasteiger partial charge in [0.2, 0.25) is 11.8 Å². The molecule has 2 saturated heterocycles. The molecule has 0 unspecified atom stereocenters. The average Bonchev–Trinajstić information content (AvgIpc) is 3.37. The molecular weight excluding hydrogens is 372 g/mol. The van der Waals surface area contributed by atoms with Crippen molar-refractivity contribution in [3.63, 3.8) is 0 Å². The monoisotopic (exact) mass is 398 g/mol. The first kappa shape index (κ1) is 19.4. The van der Waals surface area contributed by atoms with Crippen LogP contribution in [0, 0.1) is 25.7 Å². The zero-order valence-corrected chi connectivity index (χ0v) is 16.7. The predicted molar refractivity (Wildman–Crippen MR) is 105 cm³/mol. The van der Waals surface area contributed by atoms with Crippen LogP contribution in [-0.2, 0) is 20.9 Å². The summed E-state index contributed by atoms with van der Waals surface area (Å²) < 4.78 is 0. The Kier molecular flexibility index (Phi) is 5.02. The van der Waals surface area contributed by atoms with Gasteiger partial charge in [-0.25, -0.2) is 4.79 Å². The largest absolute Gasteiger partial charge is 0.352 e. The fraction of sp³-hybridized carbons (Fsp3) is 0.524. The van der Waals surface area contributed by atoms with E-state index < -0.39 is 11.9 Å². The van der Waals surface area contributed by atoms with E-state index in [1.165, 1.54) is 11.1 Å². The average molecular weight is 398 g/mol. The number of hydrogen-bond acceptors (Lipinski definition) is 4. The molecule has 1 aliphatic carbocycles.